The molecule has 0 radical (unpaired) electrons. The van der Waals surface area contributed by atoms with Crippen LogP contribution >= 0.6 is 11.6 Å². The molecule has 0 saturated heterocycles. The summed E-state index contributed by atoms with van der Waals surface area (Å²) in [4.78, 5) is 0.0347. The number of rotatable bonds is 8. The summed E-state index contributed by atoms with van der Waals surface area (Å²) in [5.74, 6) is 0.260. The third-order valence-electron chi connectivity index (χ3n) is 3.57. The number of hydrogen-bond acceptors (Lipinski definition) is 5. The smallest absolute Gasteiger partial charge is 0.244 e. The molecule has 0 amide bonds. The molecule has 1 unspecified atom stereocenters. The fourth-order valence-corrected chi connectivity index (χ4v) is 3.80. The maximum atomic E-state index is 12.7. The van der Waals surface area contributed by atoms with Crippen LogP contribution in [-0.2, 0) is 14.8 Å². The molecule has 1 aromatic carbocycles. The summed E-state index contributed by atoms with van der Waals surface area (Å²) in [6.07, 6.45) is 2.55. The van der Waals surface area contributed by atoms with Crippen LogP contribution in [0.4, 0.5) is 0 Å². The van der Waals surface area contributed by atoms with Crippen molar-refractivity contribution in [2.45, 2.75) is 24.3 Å². The van der Waals surface area contributed by atoms with Crippen LogP contribution in [0.25, 0.3) is 0 Å². The Bertz CT molecular complexity index is 691. The maximum Gasteiger partial charge on any atom is 0.244 e. The second-order valence-corrected chi connectivity index (χ2v) is 7.79. The van der Waals surface area contributed by atoms with Gasteiger partial charge in [0.15, 0.2) is 0 Å². The number of methoxy groups -OCH3 is 1. The Morgan fingerprint density at radius 1 is 1.42 bits per heavy atom. The lowest BCUT2D eigenvalue weighted by molar-refractivity contribution is 0.0901. The molecule has 1 atom stereocenters. The molecular formula is C16H23ClN2O4S. The molecule has 0 bridgehead atoms. The number of halogens is 1. The lowest BCUT2D eigenvalue weighted by Gasteiger charge is -2.18. The Balaban J connectivity index is 2.17. The van der Waals surface area contributed by atoms with Gasteiger partial charge in [0.2, 0.25) is 10.0 Å². The van der Waals surface area contributed by atoms with Gasteiger partial charge in [-0.1, -0.05) is 23.3 Å². The average molecular weight is 375 g/mol. The minimum atomic E-state index is -3.73. The van der Waals surface area contributed by atoms with E-state index in [1.165, 1.54) is 6.07 Å². The summed E-state index contributed by atoms with van der Waals surface area (Å²) >= 11 is 5.98. The van der Waals surface area contributed by atoms with Gasteiger partial charge < -0.3 is 14.8 Å². The van der Waals surface area contributed by atoms with Crippen molar-refractivity contribution in [2.24, 2.45) is 0 Å². The van der Waals surface area contributed by atoms with E-state index in [-0.39, 0.29) is 23.3 Å². The predicted molar refractivity (Wildman–Crippen MR) is 94.2 cm³/mol. The second kappa shape index (κ2) is 8.82. The summed E-state index contributed by atoms with van der Waals surface area (Å²) < 4.78 is 38.7. The van der Waals surface area contributed by atoms with Gasteiger partial charge in [-0.25, -0.2) is 13.1 Å². The number of ether oxygens (including phenoxy) is 2. The summed E-state index contributed by atoms with van der Waals surface area (Å²) in [5, 5.41) is 3.53. The minimum absolute atomic E-state index is 0.0347. The number of nitrogens with one attached hydrogen (secondary N) is 2. The van der Waals surface area contributed by atoms with Crippen molar-refractivity contribution in [1.82, 2.24) is 10.0 Å². The third-order valence-corrected chi connectivity index (χ3v) is 5.23. The zero-order valence-corrected chi connectivity index (χ0v) is 15.4. The van der Waals surface area contributed by atoms with Crippen LogP contribution in [0.5, 0.6) is 5.75 Å². The van der Waals surface area contributed by atoms with E-state index in [4.69, 9.17) is 21.1 Å². The molecule has 24 heavy (non-hydrogen) atoms. The van der Waals surface area contributed by atoms with Crippen molar-refractivity contribution in [3.05, 3.63) is 34.9 Å². The topological polar surface area (TPSA) is 76.7 Å². The first-order chi connectivity index (χ1) is 11.4. The van der Waals surface area contributed by atoms with Crippen LogP contribution < -0.4 is 14.8 Å². The molecule has 1 aromatic rings. The summed E-state index contributed by atoms with van der Waals surface area (Å²) in [7, 11) is -2.17. The first kappa shape index (κ1) is 19.2. The van der Waals surface area contributed by atoms with Gasteiger partial charge in [0.05, 0.1) is 6.61 Å². The highest BCUT2D eigenvalue weighted by atomic mass is 35.5. The minimum Gasteiger partial charge on any atom is -0.487 e. The van der Waals surface area contributed by atoms with Crippen LogP contribution in [0, 0.1) is 0 Å². The van der Waals surface area contributed by atoms with E-state index in [0.717, 1.165) is 25.1 Å². The van der Waals surface area contributed by atoms with E-state index in [0.29, 0.717) is 11.6 Å². The molecular weight excluding hydrogens is 352 g/mol. The highest BCUT2D eigenvalue weighted by molar-refractivity contribution is 7.89. The fraction of sp³-hybridized carbons (Fsp3) is 0.500. The van der Waals surface area contributed by atoms with Gasteiger partial charge in [-0.2, -0.15) is 0 Å². The van der Waals surface area contributed by atoms with E-state index >= 15 is 0 Å². The molecule has 0 aromatic heterocycles. The maximum absolute atomic E-state index is 12.7. The Kier molecular flexibility index (Phi) is 7.06. The lowest BCUT2D eigenvalue weighted by atomic mass is 10.1. The van der Waals surface area contributed by atoms with Gasteiger partial charge >= 0.3 is 0 Å². The molecule has 2 rings (SSSR count). The molecule has 0 spiro atoms. The van der Waals surface area contributed by atoms with E-state index in [1.54, 1.807) is 19.2 Å². The highest BCUT2D eigenvalue weighted by Gasteiger charge is 2.22. The number of benzene rings is 1. The Morgan fingerprint density at radius 3 is 2.88 bits per heavy atom. The first-order valence-electron chi connectivity index (χ1n) is 7.76. The van der Waals surface area contributed by atoms with Gasteiger partial charge in [-0.05, 0) is 38.1 Å². The van der Waals surface area contributed by atoms with E-state index in [9.17, 15) is 8.42 Å². The molecule has 2 N–H and O–H groups in total. The van der Waals surface area contributed by atoms with Crippen molar-refractivity contribution in [3.63, 3.8) is 0 Å². The Hall–Kier alpha value is -1.12. The molecule has 6 nitrogen and oxygen atoms in total. The molecule has 0 saturated carbocycles. The SMILES string of the molecule is COCC(C)Oc1ccc(Cl)cc1S(=O)(=O)NCC1=CCNCC1. The second-order valence-electron chi connectivity index (χ2n) is 5.62. The van der Waals surface area contributed by atoms with Crippen LogP contribution in [-0.4, -0.2) is 47.9 Å². The third kappa shape index (κ3) is 5.46. The molecule has 1 aliphatic rings. The highest BCUT2D eigenvalue weighted by Crippen LogP contribution is 2.28. The Labute approximate surface area is 148 Å². The van der Waals surface area contributed by atoms with Crippen molar-refractivity contribution < 1.29 is 17.9 Å². The normalized spacial score (nSPS) is 16.5. The number of hydrogen-bond donors (Lipinski definition) is 2. The average Bonchev–Trinajstić information content (AvgIpc) is 2.56. The standard InChI is InChI=1S/C16H23ClN2O4S/c1-12(11-22-2)23-15-4-3-14(17)9-16(15)24(20,21)19-10-13-5-7-18-8-6-13/h3-5,9,12,18-19H,6-8,10-11H2,1-2H3. The van der Waals surface area contributed by atoms with Gasteiger partial charge in [-0.15, -0.1) is 0 Å². The zero-order valence-electron chi connectivity index (χ0n) is 13.8. The summed E-state index contributed by atoms with van der Waals surface area (Å²) in [5.41, 5.74) is 1.06. The quantitative estimate of drug-likeness (QED) is 0.680. The predicted octanol–water partition coefficient (Wildman–Crippen LogP) is 1.95. The largest absolute Gasteiger partial charge is 0.487 e. The van der Waals surface area contributed by atoms with Crippen molar-refractivity contribution in [3.8, 4) is 5.75 Å². The number of sulfonamides is 1. The van der Waals surface area contributed by atoms with Crippen LogP contribution in [0.1, 0.15) is 13.3 Å². The van der Waals surface area contributed by atoms with Gasteiger partial charge in [-0.3, -0.25) is 0 Å². The first-order valence-corrected chi connectivity index (χ1v) is 9.62. The van der Waals surface area contributed by atoms with Crippen LogP contribution in [0.15, 0.2) is 34.7 Å². The molecule has 134 valence electrons. The van der Waals surface area contributed by atoms with Gasteiger partial charge in [0.1, 0.15) is 16.7 Å². The van der Waals surface area contributed by atoms with Gasteiger partial charge in [0, 0.05) is 25.2 Å². The zero-order chi connectivity index (χ0) is 17.6. The van der Waals surface area contributed by atoms with Crippen molar-refractivity contribution in [2.75, 3.05) is 33.4 Å². The van der Waals surface area contributed by atoms with Crippen molar-refractivity contribution >= 4 is 21.6 Å². The summed E-state index contributed by atoms with van der Waals surface area (Å²) in [6.45, 7) is 4.06. The fourth-order valence-electron chi connectivity index (χ4n) is 2.37. The van der Waals surface area contributed by atoms with Crippen LogP contribution in [0.3, 0.4) is 0 Å². The van der Waals surface area contributed by atoms with E-state index < -0.39 is 10.0 Å². The summed E-state index contributed by atoms with van der Waals surface area (Å²) in [6, 6.07) is 4.56. The molecule has 8 heteroatoms. The van der Waals surface area contributed by atoms with Crippen molar-refractivity contribution in [1.29, 1.82) is 0 Å². The Morgan fingerprint density at radius 2 is 2.21 bits per heavy atom. The van der Waals surface area contributed by atoms with E-state index in [2.05, 4.69) is 10.0 Å². The molecule has 1 aliphatic heterocycles. The van der Waals surface area contributed by atoms with Crippen LogP contribution in [0.2, 0.25) is 5.02 Å². The molecule has 1 heterocycles. The van der Waals surface area contributed by atoms with Gasteiger partial charge in [0.25, 0.3) is 0 Å². The van der Waals surface area contributed by atoms with E-state index in [1.807, 2.05) is 13.0 Å². The molecule has 0 aliphatic carbocycles. The molecule has 0 fully saturated rings. The lowest BCUT2D eigenvalue weighted by Crippen LogP contribution is -2.30. The monoisotopic (exact) mass is 374 g/mol.